The van der Waals surface area contributed by atoms with E-state index in [1.165, 1.54) is 11.8 Å². The van der Waals surface area contributed by atoms with Crippen LogP contribution in [0.4, 0.5) is 0 Å². The van der Waals surface area contributed by atoms with Crippen LogP contribution < -0.4 is 4.74 Å². The zero-order valence-electron chi connectivity index (χ0n) is 15.7. The summed E-state index contributed by atoms with van der Waals surface area (Å²) >= 11 is 7.54. The Morgan fingerprint density at radius 3 is 2.44 bits per heavy atom. The van der Waals surface area contributed by atoms with E-state index in [2.05, 4.69) is 5.10 Å². The smallest absolute Gasteiger partial charge is 0.344 e. The number of halogens is 1. The van der Waals surface area contributed by atoms with Gasteiger partial charge in [-0.2, -0.15) is 5.10 Å². The molecule has 0 unspecified atom stereocenters. The SMILES string of the molecule is Cc1nn(C(C)(C)C)c(OC(=O)c2cccc(Cl)c2)c1Sc1ccccc1. The van der Waals surface area contributed by atoms with Crippen molar-refractivity contribution in [3.63, 3.8) is 0 Å². The van der Waals surface area contributed by atoms with Crippen LogP contribution in [-0.2, 0) is 5.54 Å². The van der Waals surface area contributed by atoms with Crippen LogP contribution in [0.1, 0.15) is 36.8 Å². The standard InChI is InChI=1S/C21H21ClN2O2S/c1-14-18(27-17-11-6-5-7-12-17)19(24(23-14)21(2,3)4)26-20(25)15-9-8-10-16(22)13-15/h5-13H,1-4H3. The Balaban J connectivity index is 2.02. The molecule has 0 amide bonds. The third kappa shape index (κ3) is 4.54. The zero-order chi connectivity index (χ0) is 19.6. The summed E-state index contributed by atoms with van der Waals surface area (Å²) in [5.74, 6) is -0.0170. The fourth-order valence-electron chi connectivity index (χ4n) is 2.52. The Morgan fingerprint density at radius 1 is 1.11 bits per heavy atom. The first kappa shape index (κ1) is 19.5. The van der Waals surface area contributed by atoms with E-state index in [0.717, 1.165) is 15.5 Å². The van der Waals surface area contributed by atoms with E-state index in [1.807, 2.05) is 58.0 Å². The van der Waals surface area contributed by atoms with Gasteiger partial charge in [0.05, 0.1) is 21.7 Å². The van der Waals surface area contributed by atoms with Gasteiger partial charge in [-0.05, 0) is 58.0 Å². The molecule has 0 N–H and O–H groups in total. The fourth-order valence-corrected chi connectivity index (χ4v) is 3.65. The van der Waals surface area contributed by atoms with Crippen molar-refractivity contribution in [2.75, 3.05) is 0 Å². The summed E-state index contributed by atoms with van der Waals surface area (Å²) in [4.78, 5) is 14.6. The summed E-state index contributed by atoms with van der Waals surface area (Å²) in [5, 5.41) is 5.12. The van der Waals surface area contributed by atoms with Crippen LogP contribution in [0.15, 0.2) is 64.4 Å². The van der Waals surface area contributed by atoms with Crippen molar-refractivity contribution in [3.05, 3.63) is 70.9 Å². The zero-order valence-corrected chi connectivity index (χ0v) is 17.3. The second-order valence-corrected chi connectivity index (χ2v) is 8.64. The quantitative estimate of drug-likeness (QED) is 0.506. The van der Waals surface area contributed by atoms with E-state index in [-0.39, 0.29) is 5.54 Å². The molecule has 0 saturated carbocycles. The summed E-state index contributed by atoms with van der Waals surface area (Å²) in [6.07, 6.45) is 0. The summed E-state index contributed by atoms with van der Waals surface area (Å²) in [6.45, 7) is 7.98. The van der Waals surface area contributed by atoms with Crippen LogP contribution in [0.25, 0.3) is 0 Å². The van der Waals surface area contributed by atoms with Gasteiger partial charge in [-0.1, -0.05) is 47.6 Å². The first-order chi connectivity index (χ1) is 12.8. The molecule has 0 aliphatic rings. The van der Waals surface area contributed by atoms with Crippen molar-refractivity contribution in [2.45, 2.75) is 43.0 Å². The Morgan fingerprint density at radius 2 is 1.81 bits per heavy atom. The molecule has 0 bridgehead atoms. The fraction of sp³-hybridized carbons (Fsp3) is 0.238. The molecule has 0 radical (unpaired) electrons. The summed E-state index contributed by atoms with van der Waals surface area (Å²) in [5.41, 5.74) is 0.870. The molecule has 3 rings (SSSR count). The first-order valence-electron chi connectivity index (χ1n) is 8.56. The van der Waals surface area contributed by atoms with Crippen LogP contribution in [0.3, 0.4) is 0 Å². The summed E-state index contributed by atoms with van der Waals surface area (Å²) in [7, 11) is 0. The van der Waals surface area contributed by atoms with Gasteiger partial charge in [0.2, 0.25) is 5.88 Å². The Hall–Kier alpha value is -2.24. The predicted octanol–water partition coefficient (Wildman–Crippen LogP) is 5.97. The number of aryl methyl sites for hydroxylation is 1. The molecule has 0 aliphatic carbocycles. The molecule has 0 spiro atoms. The Labute approximate surface area is 168 Å². The molecule has 0 aliphatic heterocycles. The number of rotatable bonds is 4. The lowest BCUT2D eigenvalue weighted by Crippen LogP contribution is -2.25. The number of nitrogens with zero attached hydrogens (tertiary/aromatic N) is 2. The molecule has 140 valence electrons. The molecule has 3 aromatic rings. The van der Waals surface area contributed by atoms with Gasteiger partial charge in [0.15, 0.2) is 0 Å². The van der Waals surface area contributed by atoms with Crippen molar-refractivity contribution < 1.29 is 9.53 Å². The monoisotopic (exact) mass is 400 g/mol. The molecule has 0 saturated heterocycles. The lowest BCUT2D eigenvalue weighted by Gasteiger charge is -2.22. The van der Waals surface area contributed by atoms with Gasteiger partial charge >= 0.3 is 5.97 Å². The topological polar surface area (TPSA) is 44.1 Å². The number of ether oxygens (including phenoxy) is 1. The average molecular weight is 401 g/mol. The average Bonchev–Trinajstić information content (AvgIpc) is 2.92. The van der Waals surface area contributed by atoms with Crippen molar-refractivity contribution in [1.29, 1.82) is 0 Å². The maximum absolute atomic E-state index is 12.7. The van der Waals surface area contributed by atoms with Gasteiger partial charge in [0.25, 0.3) is 0 Å². The van der Waals surface area contributed by atoms with Crippen molar-refractivity contribution in [2.24, 2.45) is 0 Å². The Bertz CT molecular complexity index is 962. The highest BCUT2D eigenvalue weighted by molar-refractivity contribution is 7.99. The summed E-state index contributed by atoms with van der Waals surface area (Å²) in [6, 6.07) is 16.7. The molecular weight excluding hydrogens is 380 g/mol. The van der Waals surface area contributed by atoms with Crippen LogP contribution in [-0.4, -0.2) is 15.7 Å². The molecule has 2 aromatic carbocycles. The van der Waals surface area contributed by atoms with Gasteiger partial charge in [-0.3, -0.25) is 0 Å². The van der Waals surface area contributed by atoms with E-state index >= 15 is 0 Å². The summed E-state index contributed by atoms with van der Waals surface area (Å²) < 4.78 is 7.58. The molecular formula is C21H21ClN2O2S. The van der Waals surface area contributed by atoms with Crippen molar-refractivity contribution in [1.82, 2.24) is 9.78 Å². The largest absolute Gasteiger partial charge is 0.403 e. The maximum Gasteiger partial charge on any atom is 0.344 e. The second kappa shape index (κ2) is 7.79. The number of benzene rings is 2. The number of hydrogen-bond donors (Lipinski definition) is 0. The molecule has 0 atom stereocenters. The van der Waals surface area contributed by atoms with Crippen molar-refractivity contribution in [3.8, 4) is 5.88 Å². The third-order valence-corrected chi connectivity index (χ3v) is 5.23. The van der Waals surface area contributed by atoms with Crippen LogP contribution in [0.2, 0.25) is 5.02 Å². The highest BCUT2D eigenvalue weighted by atomic mass is 35.5. The lowest BCUT2D eigenvalue weighted by atomic mass is 10.1. The third-order valence-electron chi connectivity index (χ3n) is 3.81. The lowest BCUT2D eigenvalue weighted by molar-refractivity contribution is 0.0704. The normalized spacial score (nSPS) is 11.4. The predicted molar refractivity (Wildman–Crippen MR) is 109 cm³/mol. The van der Waals surface area contributed by atoms with E-state index in [4.69, 9.17) is 16.3 Å². The molecule has 4 nitrogen and oxygen atoms in total. The Kier molecular flexibility index (Phi) is 5.63. The van der Waals surface area contributed by atoms with Crippen LogP contribution in [0, 0.1) is 6.92 Å². The molecule has 1 heterocycles. The van der Waals surface area contributed by atoms with Gasteiger partial charge in [0.1, 0.15) is 0 Å². The minimum absolute atomic E-state index is 0.343. The molecule has 1 aromatic heterocycles. The van der Waals surface area contributed by atoms with E-state index in [9.17, 15) is 4.79 Å². The van der Waals surface area contributed by atoms with Gasteiger partial charge in [-0.25, -0.2) is 9.48 Å². The van der Waals surface area contributed by atoms with E-state index < -0.39 is 5.97 Å². The van der Waals surface area contributed by atoms with Gasteiger partial charge < -0.3 is 4.74 Å². The van der Waals surface area contributed by atoms with Crippen molar-refractivity contribution >= 4 is 29.3 Å². The number of esters is 1. The molecule has 0 fully saturated rings. The highest BCUT2D eigenvalue weighted by Gasteiger charge is 2.27. The molecule has 27 heavy (non-hydrogen) atoms. The number of carbonyl (C=O) groups is 1. The van der Waals surface area contributed by atoms with Gasteiger partial charge in [-0.15, -0.1) is 0 Å². The highest BCUT2D eigenvalue weighted by Crippen LogP contribution is 2.40. The minimum atomic E-state index is -0.460. The number of carbonyl (C=O) groups excluding carboxylic acids is 1. The second-order valence-electron chi connectivity index (χ2n) is 7.12. The molecule has 6 heteroatoms. The van der Waals surface area contributed by atoms with Crippen LogP contribution >= 0.6 is 23.4 Å². The number of hydrogen-bond acceptors (Lipinski definition) is 4. The minimum Gasteiger partial charge on any atom is -0.403 e. The van der Waals surface area contributed by atoms with Gasteiger partial charge in [0, 0.05) is 9.92 Å². The van der Waals surface area contributed by atoms with E-state index in [1.54, 1.807) is 28.9 Å². The maximum atomic E-state index is 12.7. The first-order valence-corrected chi connectivity index (χ1v) is 9.76. The van der Waals surface area contributed by atoms with E-state index in [0.29, 0.717) is 16.5 Å². The number of aromatic nitrogens is 2. The van der Waals surface area contributed by atoms with Crippen LogP contribution in [0.5, 0.6) is 5.88 Å².